The van der Waals surface area contributed by atoms with Gasteiger partial charge in [0, 0.05) is 6.61 Å². The monoisotopic (exact) mass is 170 g/mol. The van der Waals surface area contributed by atoms with Gasteiger partial charge in [-0.05, 0) is 44.9 Å². The van der Waals surface area contributed by atoms with Gasteiger partial charge in [0.25, 0.3) is 0 Å². The van der Waals surface area contributed by atoms with Crippen LogP contribution in [0, 0.1) is 5.92 Å². The highest BCUT2D eigenvalue weighted by atomic mass is 16.5. The van der Waals surface area contributed by atoms with Gasteiger partial charge in [-0.3, -0.25) is 0 Å². The van der Waals surface area contributed by atoms with Crippen molar-refractivity contribution in [3.05, 3.63) is 0 Å². The summed E-state index contributed by atoms with van der Waals surface area (Å²) in [7, 11) is 0. The Kier molecular flexibility index (Phi) is 2.13. The van der Waals surface area contributed by atoms with Crippen molar-refractivity contribution in [2.75, 3.05) is 6.61 Å². The number of rotatable bonds is 4. The van der Waals surface area contributed by atoms with Gasteiger partial charge in [0.05, 0.1) is 11.7 Å². The lowest BCUT2D eigenvalue weighted by Crippen LogP contribution is -2.34. The third-order valence-electron chi connectivity index (χ3n) is 3.09. The van der Waals surface area contributed by atoms with Gasteiger partial charge in [-0.15, -0.1) is 0 Å². The summed E-state index contributed by atoms with van der Waals surface area (Å²) in [6.07, 6.45) is 5.94. The van der Waals surface area contributed by atoms with Gasteiger partial charge in [0.1, 0.15) is 0 Å². The van der Waals surface area contributed by atoms with E-state index in [1.807, 2.05) is 6.92 Å². The number of hydrogen-bond acceptors (Lipinski definition) is 2. The van der Waals surface area contributed by atoms with Crippen LogP contribution in [0.15, 0.2) is 0 Å². The van der Waals surface area contributed by atoms with Crippen molar-refractivity contribution >= 4 is 0 Å². The molecule has 0 radical (unpaired) electrons. The van der Waals surface area contributed by atoms with Gasteiger partial charge in [-0.2, -0.15) is 0 Å². The number of hydrogen-bond donors (Lipinski definition) is 1. The lowest BCUT2D eigenvalue weighted by molar-refractivity contribution is -0.0408. The summed E-state index contributed by atoms with van der Waals surface area (Å²) in [5.74, 6) is 0.744. The van der Waals surface area contributed by atoms with Crippen LogP contribution < -0.4 is 0 Å². The van der Waals surface area contributed by atoms with E-state index in [0.717, 1.165) is 31.8 Å². The summed E-state index contributed by atoms with van der Waals surface area (Å²) in [5.41, 5.74) is -0.248. The second-order valence-corrected chi connectivity index (χ2v) is 4.34. The third-order valence-corrected chi connectivity index (χ3v) is 3.09. The average molecular weight is 170 g/mol. The molecule has 0 unspecified atom stereocenters. The molecule has 0 aromatic rings. The molecule has 70 valence electrons. The molecule has 0 aromatic heterocycles. The molecule has 2 saturated carbocycles. The highest BCUT2D eigenvalue weighted by molar-refractivity contribution is 4.97. The zero-order valence-electron chi connectivity index (χ0n) is 7.75. The smallest absolute Gasteiger partial charge is 0.0652 e. The van der Waals surface area contributed by atoms with Gasteiger partial charge < -0.3 is 9.84 Å². The Balaban J connectivity index is 1.62. The summed E-state index contributed by atoms with van der Waals surface area (Å²) in [6, 6.07) is 0. The van der Waals surface area contributed by atoms with Crippen LogP contribution in [-0.2, 0) is 4.74 Å². The van der Waals surface area contributed by atoms with Crippen molar-refractivity contribution < 1.29 is 9.84 Å². The van der Waals surface area contributed by atoms with Crippen molar-refractivity contribution in [2.45, 2.75) is 50.7 Å². The zero-order valence-corrected chi connectivity index (χ0v) is 7.75. The molecule has 2 aliphatic rings. The Bertz CT molecular complexity index is 157. The van der Waals surface area contributed by atoms with Crippen LogP contribution in [0.25, 0.3) is 0 Å². The summed E-state index contributed by atoms with van der Waals surface area (Å²) in [4.78, 5) is 0. The van der Waals surface area contributed by atoms with E-state index in [2.05, 4.69) is 0 Å². The maximum atomic E-state index is 9.64. The van der Waals surface area contributed by atoms with Crippen molar-refractivity contribution in [1.82, 2.24) is 0 Å². The minimum Gasteiger partial charge on any atom is -0.390 e. The van der Waals surface area contributed by atoms with Crippen molar-refractivity contribution in [3.8, 4) is 0 Å². The van der Waals surface area contributed by atoms with Crippen molar-refractivity contribution in [2.24, 2.45) is 5.92 Å². The summed E-state index contributed by atoms with van der Waals surface area (Å²) in [6.45, 7) is 2.88. The second kappa shape index (κ2) is 3.00. The molecule has 0 bridgehead atoms. The maximum absolute atomic E-state index is 9.64. The quantitative estimate of drug-likeness (QED) is 0.696. The van der Waals surface area contributed by atoms with Crippen LogP contribution >= 0.6 is 0 Å². The minimum atomic E-state index is -0.248. The second-order valence-electron chi connectivity index (χ2n) is 4.34. The Morgan fingerprint density at radius 3 is 2.58 bits per heavy atom. The van der Waals surface area contributed by atoms with Crippen LogP contribution in [0.2, 0.25) is 0 Å². The molecule has 0 aromatic carbocycles. The van der Waals surface area contributed by atoms with Gasteiger partial charge in [0.15, 0.2) is 0 Å². The SMILES string of the molecule is CCOC1CC(CC2(O)CC2)C1. The van der Waals surface area contributed by atoms with Crippen LogP contribution in [0.4, 0.5) is 0 Å². The van der Waals surface area contributed by atoms with Crippen LogP contribution in [0.3, 0.4) is 0 Å². The molecule has 2 aliphatic carbocycles. The summed E-state index contributed by atoms with van der Waals surface area (Å²) in [5, 5.41) is 9.64. The van der Waals surface area contributed by atoms with E-state index in [0.29, 0.717) is 6.10 Å². The van der Waals surface area contributed by atoms with E-state index in [1.54, 1.807) is 0 Å². The molecule has 1 N–H and O–H groups in total. The number of aliphatic hydroxyl groups is 1. The first-order valence-corrected chi connectivity index (χ1v) is 5.06. The lowest BCUT2D eigenvalue weighted by Gasteiger charge is -2.36. The zero-order chi connectivity index (χ0) is 8.60. The lowest BCUT2D eigenvalue weighted by atomic mass is 9.78. The van der Waals surface area contributed by atoms with Gasteiger partial charge >= 0.3 is 0 Å². The molecule has 2 rings (SSSR count). The normalized spacial score (nSPS) is 37.5. The predicted molar refractivity (Wildman–Crippen MR) is 46.9 cm³/mol. The molecule has 0 saturated heterocycles. The standard InChI is InChI=1S/C10H18O2/c1-2-12-9-5-8(6-9)7-10(11)3-4-10/h8-9,11H,2-7H2,1H3. The van der Waals surface area contributed by atoms with Crippen LogP contribution in [0.5, 0.6) is 0 Å². The Hall–Kier alpha value is -0.0800. The number of ether oxygens (including phenoxy) is 1. The first kappa shape index (κ1) is 8.52. The van der Waals surface area contributed by atoms with Crippen molar-refractivity contribution in [3.63, 3.8) is 0 Å². The fourth-order valence-electron chi connectivity index (χ4n) is 2.10. The molecule has 0 amide bonds. The van der Waals surface area contributed by atoms with Crippen LogP contribution in [-0.4, -0.2) is 23.4 Å². The molecule has 0 atom stereocenters. The molecule has 2 heteroatoms. The van der Waals surface area contributed by atoms with E-state index in [1.165, 1.54) is 12.8 Å². The van der Waals surface area contributed by atoms with Gasteiger partial charge in [0.2, 0.25) is 0 Å². The van der Waals surface area contributed by atoms with Gasteiger partial charge in [-0.1, -0.05) is 0 Å². The molecule has 0 heterocycles. The molecule has 2 nitrogen and oxygen atoms in total. The highest BCUT2D eigenvalue weighted by Gasteiger charge is 2.44. The molecule has 0 aliphatic heterocycles. The highest BCUT2D eigenvalue weighted by Crippen LogP contribution is 2.46. The first-order chi connectivity index (χ1) is 5.72. The molecule has 12 heavy (non-hydrogen) atoms. The fourth-order valence-corrected chi connectivity index (χ4v) is 2.10. The van der Waals surface area contributed by atoms with E-state index in [9.17, 15) is 5.11 Å². The Morgan fingerprint density at radius 1 is 1.42 bits per heavy atom. The first-order valence-electron chi connectivity index (χ1n) is 5.06. The fraction of sp³-hybridized carbons (Fsp3) is 1.00. The molecule has 2 fully saturated rings. The summed E-state index contributed by atoms with van der Waals surface area (Å²) < 4.78 is 5.46. The van der Waals surface area contributed by atoms with Gasteiger partial charge in [-0.25, -0.2) is 0 Å². The Labute approximate surface area is 73.9 Å². The minimum absolute atomic E-state index is 0.248. The van der Waals surface area contributed by atoms with Crippen LogP contribution in [0.1, 0.15) is 39.0 Å². The average Bonchev–Trinajstić information content (AvgIpc) is 2.65. The van der Waals surface area contributed by atoms with E-state index >= 15 is 0 Å². The summed E-state index contributed by atoms with van der Waals surface area (Å²) >= 11 is 0. The molecular weight excluding hydrogens is 152 g/mol. The Morgan fingerprint density at radius 2 is 2.08 bits per heavy atom. The largest absolute Gasteiger partial charge is 0.390 e. The predicted octanol–water partition coefficient (Wildman–Crippen LogP) is 1.72. The molecular formula is C10H18O2. The molecule has 0 spiro atoms. The third kappa shape index (κ3) is 1.80. The van der Waals surface area contributed by atoms with E-state index in [-0.39, 0.29) is 5.60 Å². The van der Waals surface area contributed by atoms with E-state index < -0.39 is 0 Å². The maximum Gasteiger partial charge on any atom is 0.0652 e. The topological polar surface area (TPSA) is 29.5 Å². The van der Waals surface area contributed by atoms with E-state index in [4.69, 9.17) is 4.74 Å². The van der Waals surface area contributed by atoms with Crippen molar-refractivity contribution in [1.29, 1.82) is 0 Å².